The van der Waals surface area contributed by atoms with Gasteiger partial charge in [-0.05, 0) is 122 Å². The van der Waals surface area contributed by atoms with E-state index in [1.54, 1.807) is 9.80 Å². The summed E-state index contributed by atoms with van der Waals surface area (Å²) in [6, 6.07) is 78.3. The zero-order chi connectivity index (χ0) is 58.7. The molecule has 0 saturated carbocycles. The van der Waals surface area contributed by atoms with E-state index in [1.807, 2.05) is 149 Å². The first kappa shape index (κ1) is 59.1. The number of nitrogens with zero attached hydrogens (tertiary/aromatic N) is 6. The Balaban J connectivity index is 0.000000189. The minimum atomic E-state index is -0.922. The SMILES string of the molecule is O=C(O)N1CCC(N(C(=O)c2ccccc2)c2ccccc2)CC1CCCN(Cc1ccccc1)Cc1ccccc1.O=C(O)N1CC[C@H](n2c(=O)[nH]c3ccccc32)C(CCCc2ccccc2)[C@H]1N(Cc1ccccc1)Cc1ccccc1. The number of fused-ring (bicyclic) bond motifs is 1. The van der Waals surface area contributed by atoms with Gasteiger partial charge in [-0.25, -0.2) is 14.4 Å². The Labute approximate surface area is 499 Å². The van der Waals surface area contributed by atoms with Crippen LogP contribution < -0.4 is 10.6 Å². The molecule has 3 N–H and O–H groups in total. The zero-order valence-corrected chi connectivity index (χ0v) is 48.2. The Morgan fingerprint density at radius 1 is 0.506 bits per heavy atom. The van der Waals surface area contributed by atoms with Gasteiger partial charge in [-0.15, -0.1) is 0 Å². The lowest BCUT2D eigenvalue weighted by Gasteiger charge is -2.49. The molecular formula is C72H77N7O6. The smallest absolute Gasteiger partial charge is 0.408 e. The van der Waals surface area contributed by atoms with Gasteiger partial charge < -0.3 is 25.0 Å². The van der Waals surface area contributed by atoms with Gasteiger partial charge in [-0.2, -0.15) is 0 Å². The summed E-state index contributed by atoms with van der Waals surface area (Å²) in [4.78, 5) is 65.4. The number of piperidine rings is 2. The number of anilines is 1. The third kappa shape index (κ3) is 15.6. The molecule has 0 aliphatic carbocycles. The van der Waals surface area contributed by atoms with E-state index in [1.165, 1.54) is 16.7 Å². The predicted molar refractivity (Wildman–Crippen MR) is 337 cm³/mol. The minimum Gasteiger partial charge on any atom is -0.465 e. The Morgan fingerprint density at radius 3 is 1.52 bits per heavy atom. The average Bonchev–Trinajstić information content (AvgIpc) is 2.31. The molecule has 13 nitrogen and oxygen atoms in total. The molecule has 0 radical (unpaired) electrons. The topological polar surface area (TPSA) is 146 Å². The standard InChI is InChI=1S/C36H38N4O3.C36H39N3O3/c41-35-37-31-21-10-11-22-33(31)40(35)32-23-24-39(36(42)43)34(30(32)20-12-19-27-13-4-1-5-14-27)38(25-28-15-6-2-7-16-28)26-29-17-8-3-9-18-29;40-35(31-18-9-3-10-19-31)39(32-20-11-4-12-21-32)34-23-25-38(36(41)42)33(26-34)22-13-24-37(27-29-14-5-1-6-15-29)28-30-16-7-2-8-17-30/h1-11,13-18,21-22,30,32,34H,12,19-20,23-26H2,(H,37,41)(H,42,43);1-12,14-21,33-34H,13,22-28H2,(H,41,42)/t30?,32-,34-;/m0./s1. The molecule has 2 aliphatic heterocycles. The van der Waals surface area contributed by atoms with E-state index in [2.05, 4.69) is 112 Å². The summed E-state index contributed by atoms with van der Waals surface area (Å²) in [5, 5.41) is 20.6. The summed E-state index contributed by atoms with van der Waals surface area (Å²) < 4.78 is 1.90. The van der Waals surface area contributed by atoms with Crippen molar-refractivity contribution in [2.45, 2.75) is 102 Å². The largest absolute Gasteiger partial charge is 0.465 e. The van der Waals surface area contributed by atoms with Gasteiger partial charge in [0.1, 0.15) is 0 Å². The van der Waals surface area contributed by atoms with Crippen LogP contribution in [0.3, 0.4) is 0 Å². The van der Waals surface area contributed by atoms with Gasteiger partial charge >= 0.3 is 17.9 Å². The van der Waals surface area contributed by atoms with Gasteiger partial charge in [-0.1, -0.05) is 200 Å². The fourth-order valence-electron chi connectivity index (χ4n) is 12.9. The lowest BCUT2D eigenvalue weighted by atomic mass is 9.83. The lowest BCUT2D eigenvalue weighted by molar-refractivity contribution is -0.0491. The number of aromatic amines is 1. The summed E-state index contributed by atoms with van der Waals surface area (Å²) in [5.74, 6) is -0.163. The molecular weight excluding hydrogens is 1060 g/mol. The second-order valence-electron chi connectivity index (χ2n) is 22.5. The molecule has 8 aromatic carbocycles. The van der Waals surface area contributed by atoms with Crippen molar-refractivity contribution in [1.82, 2.24) is 29.2 Å². The number of carbonyl (C=O) groups is 3. The number of hydrogen-bond acceptors (Lipinski definition) is 6. The van der Waals surface area contributed by atoms with Gasteiger partial charge in [0, 0.05) is 74.6 Å². The molecule has 0 bridgehead atoms. The number of amides is 3. The molecule has 85 heavy (non-hydrogen) atoms. The number of nitrogens with one attached hydrogen (secondary N) is 1. The second-order valence-corrected chi connectivity index (χ2v) is 22.5. The van der Waals surface area contributed by atoms with Gasteiger partial charge in [0.25, 0.3) is 5.91 Å². The highest BCUT2D eigenvalue weighted by atomic mass is 16.4. The maximum Gasteiger partial charge on any atom is 0.408 e. The van der Waals surface area contributed by atoms with Crippen molar-refractivity contribution in [3.63, 3.8) is 0 Å². The molecule has 3 unspecified atom stereocenters. The van der Waals surface area contributed by atoms with E-state index >= 15 is 0 Å². The Kier molecular flexibility index (Phi) is 20.5. The molecule has 1 aromatic heterocycles. The molecule has 2 saturated heterocycles. The summed E-state index contributed by atoms with van der Waals surface area (Å²) in [6.45, 7) is 4.46. The highest BCUT2D eigenvalue weighted by molar-refractivity contribution is 6.06. The number of carbonyl (C=O) groups excluding carboxylic acids is 1. The van der Waals surface area contributed by atoms with Crippen LogP contribution in [0.2, 0.25) is 0 Å². The van der Waals surface area contributed by atoms with Crippen molar-refractivity contribution in [3.8, 4) is 0 Å². The van der Waals surface area contributed by atoms with Crippen LogP contribution in [0.15, 0.2) is 241 Å². The first-order valence-electron chi connectivity index (χ1n) is 29.9. The number of para-hydroxylation sites is 3. The van der Waals surface area contributed by atoms with E-state index < -0.39 is 18.4 Å². The number of imidazole rings is 1. The van der Waals surface area contributed by atoms with Crippen LogP contribution in [0.5, 0.6) is 0 Å². The number of rotatable bonds is 21. The highest BCUT2D eigenvalue weighted by Gasteiger charge is 2.45. The summed E-state index contributed by atoms with van der Waals surface area (Å²) in [7, 11) is 0. The van der Waals surface area contributed by atoms with Crippen LogP contribution in [0.1, 0.15) is 89.2 Å². The number of H-pyrrole nitrogens is 1. The molecule has 436 valence electrons. The van der Waals surface area contributed by atoms with Crippen LogP contribution in [0, 0.1) is 5.92 Å². The van der Waals surface area contributed by atoms with Crippen LogP contribution in [-0.4, -0.2) is 95.3 Å². The summed E-state index contributed by atoms with van der Waals surface area (Å²) in [5.41, 5.74) is 9.04. The van der Waals surface area contributed by atoms with Crippen molar-refractivity contribution in [1.29, 1.82) is 0 Å². The van der Waals surface area contributed by atoms with Crippen molar-refractivity contribution in [2.75, 3.05) is 24.5 Å². The van der Waals surface area contributed by atoms with Crippen LogP contribution in [-0.2, 0) is 32.6 Å². The number of likely N-dealkylation sites (tertiary alicyclic amines) is 2. The van der Waals surface area contributed by atoms with E-state index in [0.29, 0.717) is 51.0 Å². The quantitative estimate of drug-likeness (QED) is 0.0645. The normalized spacial score (nSPS) is 17.7. The van der Waals surface area contributed by atoms with Gasteiger partial charge in [0.05, 0.1) is 17.2 Å². The molecule has 5 atom stereocenters. The van der Waals surface area contributed by atoms with Crippen LogP contribution >= 0.6 is 0 Å². The maximum absolute atomic E-state index is 13.8. The number of benzene rings is 8. The van der Waals surface area contributed by atoms with Gasteiger partial charge in [-0.3, -0.25) is 24.1 Å². The third-order valence-electron chi connectivity index (χ3n) is 16.8. The second kappa shape index (κ2) is 29.5. The fraction of sp³-hybridized carbons (Fsp3) is 0.278. The van der Waals surface area contributed by atoms with E-state index in [0.717, 1.165) is 79.6 Å². The molecule has 2 fully saturated rings. The van der Waals surface area contributed by atoms with E-state index in [4.69, 9.17) is 0 Å². The summed E-state index contributed by atoms with van der Waals surface area (Å²) >= 11 is 0. The predicted octanol–water partition coefficient (Wildman–Crippen LogP) is 14.2. The molecule has 13 heteroatoms. The fourth-order valence-corrected chi connectivity index (χ4v) is 12.9. The van der Waals surface area contributed by atoms with Crippen molar-refractivity contribution < 1.29 is 24.6 Å². The Bertz CT molecular complexity index is 3470. The van der Waals surface area contributed by atoms with E-state index in [-0.39, 0.29) is 35.6 Å². The zero-order valence-electron chi connectivity index (χ0n) is 48.2. The monoisotopic (exact) mass is 1140 g/mol. The first-order chi connectivity index (χ1) is 41.7. The van der Waals surface area contributed by atoms with Gasteiger partial charge in [0.15, 0.2) is 0 Å². The Hall–Kier alpha value is -9.04. The third-order valence-corrected chi connectivity index (χ3v) is 16.8. The van der Waals surface area contributed by atoms with Crippen molar-refractivity contribution in [3.05, 3.63) is 280 Å². The van der Waals surface area contributed by atoms with Crippen LogP contribution in [0.4, 0.5) is 15.3 Å². The number of carboxylic acid groups (broad SMARTS) is 2. The van der Waals surface area contributed by atoms with Gasteiger partial charge in [0.2, 0.25) is 0 Å². The summed E-state index contributed by atoms with van der Waals surface area (Å²) in [6.07, 6.45) is 3.71. The Morgan fingerprint density at radius 2 is 0.976 bits per heavy atom. The molecule has 3 amide bonds. The first-order valence-corrected chi connectivity index (χ1v) is 29.9. The average molecular weight is 1140 g/mol. The number of hydrogen-bond donors (Lipinski definition) is 3. The van der Waals surface area contributed by atoms with Crippen molar-refractivity contribution in [2.24, 2.45) is 5.92 Å². The van der Waals surface area contributed by atoms with Crippen molar-refractivity contribution >= 4 is 34.8 Å². The molecule has 9 aromatic rings. The number of aryl methyl sites for hydroxylation is 1. The van der Waals surface area contributed by atoms with Crippen LogP contribution in [0.25, 0.3) is 11.0 Å². The lowest BCUT2D eigenvalue weighted by Crippen LogP contribution is -2.59. The number of aromatic nitrogens is 2. The maximum atomic E-state index is 13.8. The highest BCUT2D eigenvalue weighted by Crippen LogP contribution is 2.40. The minimum absolute atomic E-state index is 0.0498. The van der Waals surface area contributed by atoms with E-state index in [9.17, 15) is 29.4 Å². The molecule has 0 spiro atoms. The molecule has 11 rings (SSSR count). The molecule has 3 heterocycles. The molecule has 2 aliphatic rings.